The second-order valence-corrected chi connectivity index (χ2v) is 11.8. The van der Waals surface area contributed by atoms with E-state index in [9.17, 15) is 40.9 Å². The summed E-state index contributed by atoms with van der Waals surface area (Å²) in [7, 11) is 0. The van der Waals surface area contributed by atoms with Crippen molar-refractivity contribution in [3.63, 3.8) is 0 Å². The average Bonchev–Trinajstić information content (AvgIpc) is 3.36. The summed E-state index contributed by atoms with van der Waals surface area (Å²) in [6, 6.07) is 13.2. The highest BCUT2D eigenvalue weighted by Crippen LogP contribution is 2.62. The molecule has 4 aliphatic rings. The normalized spacial score (nSPS) is 27.9. The van der Waals surface area contributed by atoms with Gasteiger partial charge in [0.15, 0.2) is 23.0 Å². The third kappa shape index (κ3) is 3.10. The molecule has 0 spiro atoms. The molecule has 2 heterocycles. The minimum absolute atomic E-state index is 0.0152. The van der Waals surface area contributed by atoms with Gasteiger partial charge < -0.3 is 50.3 Å². The van der Waals surface area contributed by atoms with Gasteiger partial charge in [0, 0.05) is 53.0 Å². The molecule has 0 fully saturated rings. The van der Waals surface area contributed by atoms with Gasteiger partial charge in [-0.1, -0.05) is 6.07 Å². The van der Waals surface area contributed by atoms with Crippen molar-refractivity contribution >= 4 is 0 Å². The van der Waals surface area contributed by atoms with E-state index in [-0.39, 0.29) is 53.9 Å². The fraction of sp³-hybridized carbons (Fsp3) is 0.250. The highest BCUT2D eigenvalue weighted by atomic mass is 16.5. The minimum Gasteiger partial charge on any atom is -0.508 e. The van der Waals surface area contributed by atoms with E-state index < -0.39 is 34.7 Å². The van der Waals surface area contributed by atoms with Crippen molar-refractivity contribution in [2.45, 2.75) is 35.4 Å². The largest absolute Gasteiger partial charge is 0.508 e. The lowest BCUT2D eigenvalue weighted by Gasteiger charge is -2.41. The molecule has 5 unspecified atom stereocenters. The van der Waals surface area contributed by atoms with Crippen LogP contribution in [0.4, 0.5) is 0 Å². The van der Waals surface area contributed by atoms with Crippen LogP contribution in [-0.2, 0) is 6.42 Å². The SMILES string of the molecule is Oc1ccc2c(c1)OCC1(O)C(c3cc4c(cc3O)OCC3(O)Cc5cc(O)c(O)cc5C43)c3cc(O)c(O)cc3C21. The smallest absolute Gasteiger partial charge is 0.157 e. The molecular weight excluding hydrogens is 544 g/mol. The Labute approximate surface area is 238 Å². The van der Waals surface area contributed by atoms with Gasteiger partial charge in [-0.2, -0.15) is 0 Å². The van der Waals surface area contributed by atoms with E-state index in [0.717, 1.165) is 0 Å². The summed E-state index contributed by atoms with van der Waals surface area (Å²) in [6.07, 6.45) is 0.166. The number of hydrogen-bond donors (Lipinski definition) is 8. The Morgan fingerprint density at radius 3 is 1.83 bits per heavy atom. The topological polar surface area (TPSA) is 180 Å². The summed E-state index contributed by atoms with van der Waals surface area (Å²) in [4.78, 5) is 0. The monoisotopic (exact) mass is 570 g/mol. The van der Waals surface area contributed by atoms with Crippen LogP contribution >= 0.6 is 0 Å². The molecule has 42 heavy (non-hydrogen) atoms. The Kier molecular flexibility index (Phi) is 4.71. The van der Waals surface area contributed by atoms with Crippen LogP contribution in [-0.4, -0.2) is 65.3 Å². The molecule has 4 aromatic rings. The third-order valence-corrected chi connectivity index (χ3v) is 9.41. The van der Waals surface area contributed by atoms with Crippen LogP contribution in [0.15, 0.2) is 54.6 Å². The number of phenolic OH excluding ortho intramolecular Hbond substituents is 6. The maximum Gasteiger partial charge on any atom is 0.157 e. The van der Waals surface area contributed by atoms with Gasteiger partial charge in [-0.15, -0.1) is 0 Å². The predicted octanol–water partition coefficient (Wildman–Crippen LogP) is 3.13. The second-order valence-electron chi connectivity index (χ2n) is 11.8. The molecule has 2 aliphatic carbocycles. The van der Waals surface area contributed by atoms with E-state index in [1.54, 1.807) is 12.1 Å². The van der Waals surface area contributed by atoms with Crippen molar-refractivity contribution in [3.8, 4) is 46.0 Å². The molecule has 0 bridgehead atoms. The Bertz CT molecular complexity index is 1850. The molecule has 0 saturated heterocycles. The summed E-state index contributed by atoms with van der Waals surface area (Å²) < 4.78 is 11.8. The lowest BCUT2D eigenvalue weighted by Crippen LogP contribution is -2.47. The standard InChI is InChI=1S/C32H26O10/c33-14-1-2-15-26(4-14)42-12-32(40)29(15)17-7-24(37)25(38)8-18(17)30(32)19-5-20-27(9-21(19)34)41-11-31(39)10-13-3-22(35)23(36)6-16(13)28(20)31/h1-9,28-30,33-40H,10-12H2. The predicted molar refractivity (Wildman–Crippen MR) is 146 cm³/mol. The first kappa shape index (κ1) is 25.0. The summed E-state index contributed by atoms with van der Waals surface area (Å²) >= 11 is 0. The van der Waals surface area contributed by atoms with Crippen molar-refractivity contribution in [2.75, 3.05) is 13.2 Å². The number of fused-ring (bicyclic) bond motifs is 10. The van der Waals surface area contributed by atoms with E-state index in [2.05, 4.69) is 0 Å². The fourth-order valence-corrected chi connectivity index (χ4v) is 7.69. The second kappa shape index (κ2) is 7.93. The molecule has 0 saturated carbocycles. The maximum atomic E-state index is 12.4. The van der Waals surface area contributed by atoms with Gasteiger partial charge in [0.05, 0.1) is 0 Å². The number of aromatic hydroxyl groups is 6. The summed E-state index contributed by atoms with van der Waals surface area (Å²) in [5, 5.41) is 86.9. The third-order valence-electron chi connectivity index (χ3n) is 9.41. The molecule has 2 aliphatic heterocycles. The number of ether oxygens (including phenoxy) is 2. The van der Waals surface area contributed by atoms with Crippen LogP contribution in [0.1, 0.15) is 56.7 Å². The van der Waals surface area contributed by atoms with Crippen molar-refractivity contribution in [1.82, 2.24) is 0 Å². The van der Waals surface area contributed by atoms with Crippen LogP contribution in [0, 0.1) is 0 Å². The number of hydrogen-bond acceptors (Lipinski definition) is 10. The molecular formula is C32H26O10. The Balaban J connectivity index is 1.35. The van der Waals surface area contributed by atoms with Crippen LogP contribution in [0.25, 0.3) is 0 Å². The minimum atomic E-state index is -1.69. The summed E-state index contributed by atoms with van der Waals surface area (Å²) in [5.74, 6) is -3.30. The van der Waals surface area contributed by atoms with Crippen LogP contribution < -0.4 is 9.47 Å². The molecule has 0 aromatic heterocycles. The quantitative estimate of drug-likeness (QED) is 0.158. The van der Waals surface area contributed by atoms with E-state index in [0.29, 0.717) is 44.9 Å². The van der Waals surface area contributed by atoms with Crippen LogP contribution in [0.2, 0.25) is 0 Å². The molecule has 0 radical (unpaired) electrons. The van der Waals surface area contributed by atoms with Crippen molar-refractivity contribution < 1.29 is 50.3 Å². The molecule has 4 aromatic carbocycles. The Morgan fingerprint density at radius 2 is 1.12 bits per heavy atom. The first-order chi connectivity index (χ1) is 20.0. The van der Waals surface area contributed by atoms with E-state index in [4.69, 9.17) is 9.47 Å². The van der Waals surface area contributed by atoms with Crippen LogP contribution in [0.3, 0.4) is 0 Å². The lowest BCUT2D eigenvalue weighted by atomic mass is 9.73. The van der Waals surface area contributed by atoms with Gasteiger partial charge in [0.1, 0.15) is 47.4 Å². The van der Waals surface area contributed by atoms with Crippen molar-refractivity contribution in [2.24, 2.45) is 0 Å². The molecule has 0 amide bonds. The highest BCUT2D eigenvalue weighted by molar-refractivity contribution is 5.67. The molecule has 10 heteroatoms. The van der Waals surface area contributed by atoms with Gasteiger partial charge in [-0.25, -0.2) is 0 Å². The van der Waals surface area contributed by atoms with Gasteiger partial charge in [0.25, 0.3) is 0 Å². The van der Waals surface area contributed by atoms with Gasteiger partial charge in [-0.3, -0.25) is 0 Å². The van der Waals surface area contributed by atoms with Gasteiger partial charge in [-0.05, 0) is 58.7 Å². The molecule has 8 N–H and O–H groups in total. The lowest BCUT2D eigenvalue weighted by molar-refractivity contribution is -0.0350. The Hall–Kier alpha value is -4.80. The average molecular weight is 571 g/mol. The first-order valence-corrected chi connectivity index (χ1v) is 13.5. The Morgan fingerprint density at radius 1 is 0.524 bits per heavy atom. The fourth-order valence-electron chi connectivity index (χ4n) is 7.69. The van der Waals surface area contributed by atoms with Gasteiger partial charge in [0.2, 0.25) is 0 Å². The van der Waals surface area contributed by atoms with E-state index in [1.165, 1.54) is 42.5 Å². The number of rotatable bonds is 1. The van der Waals surface area contributed by atoms with Gasteiger partial charge >= 0.3 is 0 Å². The molecule has 10 nitrogen and oxygen atoms in total. The summed E-state index contributed by atoms with van der Waals surface area (Å²) in [5.41, 5.74) is 0.495. The number of aliphatic hydroxyl groups is 2. The summed E-state index contributed by atoms with van der Waals surface area (Å²) in [6.45, 7) is -0.312. The molecule has 214 valence electrons. The molecule has 8 rings (SSSR count). The zero-order chi connectivity index (χ0) is 29.3. The maximum absolute atomic E-state index is 12.4. The number of phenols is 6. The first-order valence-electron chi connectivity index (χ1n) is 13.5. The zero-order valence-corrected chi connectivity index (χ0v) is 21.9. The number of benzene rings is 4. The highest BCUT2D eigenvalue weighted by Gasteiger charge is 2.58. The molecule has 5 atom stereocenters. The van der Waals surface area contributed by atoms with Crippen LogP contribution in [0.5, 0.6) is 46.0 Å². The zero-order valence-electron chi connectivity index (χ0n) is 21.9. The van der Waals surface area contributed by atoms with Crippen molar-refractivity contribution in [1.29, 1.82) is 0 Å². The van der Waals surface area contributed by atoms with E-state index in [1.807, 2.05) is 0 Å². The van der Waals surface area contributed by atoms with Crippen molar-refractivity contribution in [3.05, 3.63) is 93.5 Å². The van der Waals surface area contributed by atoms with E-state index >= 15 is 0 Å².